The summed E-state index contributed by atoms with van der Waals surface area (Å²) >= 11 is 0. The third kappa shape index (κ3) is 3.10. The van der Waals surface area contributed by atoms with Crippen molar-refractivity contribution >= 4 is 5.91 Å². The predicted molar refractivity (Wildman–Crippen MR) is 70.3 cm³/mol. The quantitative estimate of drug-likeness (QED) is 0.826. The van der Waals surface area contributed by atoms with Gasteiger partial charge >= 0.3 is 0 Å². The summed E-state index contributed by atoms with van der Waals surface area (Å²) in [6.07, 6.45) is 1.00. The Morgan fingerprint density at radius 3 is 3.00 bits per heavy atom. The van der Waals surface area contributed by atoms with Gasteiger partial charge in [0.05, 0.1) is 5.69 Å². The van der Waals surface area contributed by atoms with Gasteiger partial charge in [0.1, 0.15) is 6.54 Å². The molecule has 100 valence electrons. The van der Waals surface area contributed by atoms with Crippen molar-refractivity contribution in [2.24, 2.45) is 5.92 Å². The van der Waals surface area contributed by atoms with Crippen LogP contribution in [0.15, 0.2) is 6.07 Å². The summed E-state index contributed by atoms with van der Waals surface area (Å²) in [6, 6.07) is 2.27. The number of carbonyl (C=O) groups excluding carboxylic acids is 1. The lowest BCUT2D eigenvalue weighted by atomic mass is 9.95. The molecule has 0 radical (unpaired) electrons. The minimum Gasteiger partial charge on any atom is -0.351 e. The fraction of sp³-hybridized carbons (Fsp3) is 0.692. The number of hydrogen-bond donors (Lipinski definition) is 2. The van der Waals surface area contributed by atoms with Crippen molar-refractivity contribution in [3.63, 3.8) is 0 Å². The zero-order valence-electron chi connectivity index (χ0n) is 11.4. The zero-order chi connectivity index (χ0) is 13.1. The minimum atomic E-state index is 0.0555. The summed E-state index contributed by atoms with van der Waals surface area (Å²) in [6.45, 7) is 8.35. The molecule has 1 aliphatic heterocycles. The van der Waals surface area contributed by atoms with Gasteiger partial charge in [0.25, 0.3) is 0 Å². The van der Waals surface area contributed by atoms with E-state index in [4.69, 9.17) is 0 Å². The summed E-state index contributed by atoms with van der Waals surface area (Å²) in [5, 5.41) is 10.8. The number of aryl methyl sites for hydroxylation is 2. The molecule has 1 saturated heterocycles. The molecule has 5 heteroatoms. The average Bonchev–Trinajstić information content (AvgIpc) is 2.61. The number of piperidine rings is 1. The predicted octanol–water partition coefficient (Wildman–Crippen LogP) is 0.614. The van der Waals surface area contributed by atoms with Crippen molar-refractivity contribution in [3.05, 3.63) is 17.5 Å². The van der Waals surface area contributed by atoms with E-state index in [0.717, 1.165) is 30.9 Å². The fourth-order valence-corrected chi connectivity index (χ4v) is 2.45. The maximum Gasteiger partial charge on any atom is 0.241 e. The maximum absolute atomic E-state index is 12.0. The largest absolute Gasteiger partial charge is 0.351 e. The van der Waals surface area contributed by atoms with E-state index in [1.54, 1.807) is 4.68 Å². The summed E-state index contributed by atoms with van der Waals surface area (Å²) < 4.78 is 1.76. The number of rotatable bonds is 3. The Morgan fingerprint density at radius 1 is 1.61 bits per heavy atom. The Bertz CT molecular complexity index is 427. The lowest BCUT2D eigenvalue weighted by molar-refractivity contribution is -0.123. The van der Waals surface area contributed by atoms with Crippen LogP contribution in [0.1, 0.15) is 24.7 Å². The van der Waals surface area contributed by atoms with Crippen LogP contribution in [0.2, 0.25) is 0 Å². The lowest BCUT2D eigenvalue weighted by Crippen LogP contribution is -2.49. The molecule has 0 aliphatic carbocycles. The number of carbonyl (C=O) groups is 1. The molecule has 1 amide bonds. The smallest absolute Gasteiger partial charge is 0.241 e. The molecule has 1 fully saturated rings. The standard InChI is InChI=1S/C13H22N4O/c1-9-7-14-5-4-12(9)15-13(18)8-17-11(3)6-10(2)16-17/h6,9,12,14H,4-5,7-8H2,1-3H3,(H,15,18). The monoisotopic (exact) mass is 250 g/mol. The van der Waals surface area contributed by atoms with Crippen LogP contribution in [0.4, 0.5) is 0 Å². The van der Waals surface area contributed by atoms with Gasteiger partial charge in [-0.15, -0.1) is 0 Å². The molecule has 18 heavy (non-hydrogen) atoms. The van der Waals surface area contributed by atoms with Crippen molar-refractivity contribution in [3.8, 4) is 0 Å². The van der Waals surface area contributed by atoms with Crippen molar-refractivity contribution in [1.82, 2.24) is 20.4 Å². The molecule has 2 rings (SSSR count). The third-order valence-electron chi connectivity index (χ3n) is 3.53. The van der Waals surface area contributed by atoms with E-state index in [0.29, 0.717) is 12.5 Å². The van der Waals surface area contributed by atoms with Gasteiger partial charge in [-0.05, 0) is 45.3 Å². The van der Waals surface area contributed by atoms with Crippen LogP contribution < -0.4 is 10.6 Å². The molecular formula is C13H22N4O. The molecular weight excluding hydrogens is 228 g/mol. The number of nitrogens with zero attached hydrogens (tertiary/aromatic N) is 2. The van der Waals surface area contributed by atoms with Crippen molar-refractivity contribution in [2.75, 3.05) is 13.1 Å². The van der Waals surface area contributed by atoms with Gasteiger partial charge in [-0.3, -0.25) is 9.48 Å². The van der Waals surface area contributed by atoms with Crippen LogP contribution in [0.3, 0.4) is 0 Å². The van der Waals surface area contributed by atoms with Gasteiger partial charge < -0.3 is 10.6 Å². The van der Waals surface area contributed by atoms with E-state index in [9.17, 15) is 4.79 Å². The maximum atomic E-state index is 12.0. The number of hydrogen-bond acceptors (Lipinski definition) is 3. The minimum absolute atomic E-state index is 0.0555. The molecule has 0 saturated carbocycles. The summed E-state index contributed by atoms with van der Waals surface area (Å²) in [5.41, 5.74) is 1.98. The van der Waals surface area contributed by atoms with Gasteiger partial charge in [0.15, 0.2) is 0 Å². The van der Waals surface area contributed by atoms with Crippen molar-refractivity contribution in [1.29, 1.82) is 0 Å². The second kappa shape index (κ2) is 5.52. The van der Waals surface area contributed by atoms with Crippen LogP contribution in [-0.2, 0) is 11.3 Å². The molecule has 0 spiro atoms. The Balaban J connectivity index is 1.90. The van der Waals surface area contributed by atoms with Crippen LogP contribution in [0.5, 0.6) is 0 Å². The molecule has 2 N–H and O–H groups in total. The third-order valence-corrected chi connectivity index (χ3v) is 3.53. The van der Waals surface area contributed by atoms with Gasteiger partial charge in [0.2, 0.25) is 5.91 Å². The molecule has 5 nitrogen and oxygen atoms in total. The fourth-order valence-electron chi connectivity index (χ4n) is 2.45. The Labute approximate surface area is 108 Å². The molecule has 1 aromatic rings. The molecule has 1 aliphatic rings. The highest BCUT2D eigenvalue weighted by Crippen LogP contribution is 2.10. The summed E-state index contributed by atoms with van der Waals surface area (Å²) in [7, 11) is 0. The van der Waals surface area contributed by atoms with E-state index in [1.807, 2.05) is 19.9 Å². The van der Waals surface area contributed by atoms with E-state index < -0.39 is 0 Å². The van der Waals surface area contributed by atoms with Crippen LogP contribution in [0.25, 0.3) is 0 Å². The first-order chi connectivity index (χ1) is 8.56. The first kappa shape index (κ1) is 13.1. The Kier molecular flexibility index (Phi) is 4.01. The number of amides is 1. The molecule has 2 unspecified atom stereocenters. The SMILES string of the molecule is Cc1cc(C)n(CC(=O)NC2CCNCC2C)n1. The van der Waals surface area contributed by atoms with E-state index in [2.05, 4.69) is 22.7 Å². The highest BCUT2D eigenvalue weighted by Gasteiger charge is 2.22. The van der Waals surface area contributed by atoms with Gasteiger partial charge in [-0.25, -0.2) is 0 Å². The second-order valence-corrected chi connectivity index (χ2v) is 5.23. The normalized spacial score (nSPS) is 23.9. The van der Waals surface area contributed by atoms with E-state index >= 15 is 0 Å². The molecule has 0 aromatic carbocycles. The van der Waals surface area contributed by atoms with Crippen molar-refractivity contribution in [2.45, 2.75) is 39.8 Å². The first-order valence-corrected chi connectivity index (χ1v) is 6.57. The molecule has 2 atom stereocenters. The average molecular weight is 250 g/mol. The van der Waals surface area contributed by atoms with Gasteiger partial charge in [-0.1, -0.05) is 6.92 Å². The highest BCUT2D eigenvalue weighted by atomic mass is 16.2. The summed E-state index contributed by atoms with van der Waals surface area (Å²) in [4.78, 5) is 12.0. The first-order valence-electron chi connectivity index (χ1n) is 6.57. The number of aromatic nitrogens is 2. The summed E-state index contributed by atoms with van der Waals surface area (Å²) in [5.74, 6) is 0.545. The van der Waals surface area contributed by atoms with Crippen LogP contribution >= 0.6 is 0 Å². The Hall–Kier alpha value is -1.36. The Morgan fingerprint density at radius 2 is 2.39 bits per heavy atom. The lowest BCUT2D eigenvalue weighted by Gasteiger charge is -2.30. The molecule has 0 bridgehead atoms. The highest BCUT2D eigenvalue weighted by molar-refractivity contribution is 5.76. The second-order valence-electron chi connectivity index (χ2n) is 5.23. The topological polar surface area (TPSA) is 59.0 Å². The number of nitrogens with one attached hydrogen (secondary N) is 2. The zero-order valence-corrected chi connectivity index (χ0v) is 11.4. The van der Waals surface area contributed by atoms with E-state index in [-0.39, 0.29) is 11.9 Å². The van der Waals surface area contributed by atoms with Crippen LogP contribution in [0, 0.1) is 19.8 Å². The molecule has 1 aromatic heterocycles. The van der Waals surface area contributed by atoms with Crippen LogP contribution in [-0.4, -0.2) is 34.8 Å². The van der Waals surface area contributed by atoms with E-state index in [1.165, 1.54) is 0 Å². The van der Waals surface area contributed by atoms with Gasteiger partial charge in [-0.2, -0.15) is 5.10 Å². The molecule has 2 heterocycles. The van der Waals surface area contributed by atoms with Gasteiger partial charge in [0, 0.05) is 11.7 Å². The van der Waals surface area contributed by atoms with Crippen molar-refractivity contribution < 1.29 is 4.79 Å².